The minimum Gasteiger partial charge on any atom is -0.469 e. The second-order valence-electron chi connectivity index (χ2n) is 6.77. The number of ether oxygens (including phenoxy) is 1. The number of esters is 1. The molecule has 6 heteroatoms. The van der Waals surface area contributed by atoms with E-state index in [4.69, 9.17) is 10.5 Å². The van der Waals surface area contributed by atoms with E-state index in [2.05, 4.69) is 5.32 Å². The monoisotopic (exact) mass is 346 g/mol. The van der Waals surface area contributed by atoms with Gasteiger partial charge in [-0.1, -0.05) is 32.1 Å². The van der Waals surface area contributed by atoms with Crippen molar-refractivity contribution in [3.8, 4) is 0 Å². The van der Waals surface area contributed by atoms with E-state index in [9.17, 15) is 9.59 Å². The predicted octanol–water partition coefficient (Wildman–Crippen LogP) is 2.41. The van der Waals surface area contributed by atoms with Crippen molar-refractivity contribution in [3.05, 3.63) is 0 Å². The first-order valence-corrected chi connectivity index (χ1v) is 8.75. The molecule has 2 fully saturated rings. The lowest BCUT2D eigenvalue weighted by Crippen LogP contribution is -2.47. The lowest BCUT2D eigenvalue weighted by atomic mass is 9.86. The molecule has 0 heterocycles. The Kier molecular flexibility index (Phi) is 8.92. The van der Waals surface area contributed by atoms with Crippen LogP contribution in [0.1, 0.15) is 57.8 Å². The summed E-state index contributed by atoms with van der Waals surface area (Å²) in [6.07, 6.45) is 9.13. The van der Waals surface area contributed by atoms with Gasteiger partial charge in [-0.2, -0.15) is 0 Å². The maximum atomic E-state index is 12.6. The van der Waals surface area contributed by atoms with Crippen LogP contribution >= 0.6 is 12.4 Å². The molecule has 2 aliphatic rings. The fraction of sp³-hybridized carbons (Fsp3) is 0.882. The number of hydrogen-bond donors (Lipinski definition) is 2. The molecule has 0 aromatic carbocycles. The van der Waals surface area contributed by atoms with Gasteiger partial charge in [-0.05, 0) is 38.1 Å². The molecule has 0 aromatic heterocycles. The van der Waals surface area contributed by atoms with E-state index in [0.29, 0.717) is 12.5 Å². The highest BCUT2D eigenvalue weighted by Gasteiger charge is 2.36. The molecule has 0 aliphatic heterocycles. The molecule has 2 rings (SSSR count). The van der Waals surface area contributed by atoms with Crippen LogP contribution < -0.4 is 11.1 Å². The summed E-state index contributed by atoms with van der Waals surface area (Å²) in [6.45, 7) is 0.573. The molecule has 0 spiro atoms. The maximum absolute atomic E-state index is 12.6. The van der Waals surface area contributed by atoms with Gasteiger partial charge in [-0.25, -0.2) is 0 Å². The van der Waals surface area contributed by atoms with Gasteiger partial charge in [0.2, 0.25) is 5.91 Å². The smallest absolute Gasteiger partial charge is 0.310 e. The van der Waals surface area contributed by atoms with E-state index in [1.807, 2.05) is 0 Å². The summed E-state index contributed by atoms with van der Waals surface area (Å²) in [5.74, 6) is 0.0206. The zero-order chi connectivity index (χ0) is 15.9. The van der Waals surface area contributed by atoms with E-state index in [0.717, 1.165) is 51.4 Å². The highest BCUT2D eigenvalue weighted by atomic mass is 35.5. The Bertz CT molecular complexity index is 392. The number of rotatable bonds is 4. The Labute approximate surface area is 145 Å². The fourth-order valence-electron chi connectivity index (χ4n) is 4.04. The first-order valence-electron chi connectivity index (χ1n) is 8.75. The predicted molar refractivity (Wildman–Crippen MR) is 92.3 cm³/mol. The standard InChI is InChI=1S/C17H30N2O3.ClH/c1-22-17(21)14-8-4-2-3-5-10-15(14)19-16(20)13-9-6-7-12(13)11-18;/h12-15H,2-11,18H2,1H3,(H,19,20);1H/t12-,13-,14?,15?;/m1./s1. The van der Waals surface area contributed by atoms with Crippen molar-refractivity contribution >= 4 is 24.3 Å². The summed E-state index contributed by atoms with van der Waals surface area (Å²) >= 11 is 0. The molecule has 0 bridgehead atoms. The van der Waals surface area contributed by atoms with Crippen LogP contribution in [0.3, 0.4) is 0 Å². The van der Waals surface area contributed by atoms with Gasteiger partial charge in [0.05, 0.1) is 13.0 Å². The summed E-state index contributed by atoms with van der Waals surface area (Å²) < 4.78 is 4.96. The third kappa shape index (κ3) is 5.35. The fourth-order valence-corrected chi connectivity index (χ4v) is 4.04. The van der Waals surface area contributed by atoms with Gasteiger partial charge in [-0.15, -0.1) is 12.4 Å². The third-order valence-corrected chi connectivity index (χ3v) is 5.40. The van der Waals surface area contributed by atoms with Crippen LogP contribution in [-0.4, -0.2) is 31.6 Å². The van der Waals surface area contributed by atoms with Crippen LogP contribution in [0.15, 0.2) is 0 Å². The molecule has 23 heavy (non-hydrogen) atoms. The van der Waals surface area contributed by atoms with E-state index in [1.165, 1.54) is 13.5 Å². The van der Waals surface area contributed by atoms with Crippen molar-refractivity contribution in [1.82, 2.24) is 5.32 Å². The normalized spacial score (nSPS) is 31.4. The van der Waals surface area contributed by atoms with Crippen molar-refractivity contribution in [1.29, 1.82) is 0 Å². The van der Waals surface area contributed by atoms with E-state index in [-0.39, 0.29) is 42.2 Å². The second-order valence-corrected chi connectivity index (χ2v) is 6.77. The number of nitrogens with two attached hydrogens (primary N) is 1. The second kappa shape index (κ2) is 10.1. The summed E-state index contributed by atoms with van der Waals surface area (Å²) in [7, 11) is 1.43. The first-order chi connectivity index (χ1) is 10.7. The third-order valence-electron chi connectivity index (χ3n) is 5.40. The molecule has 0 saturated heterocycles. The highest BCUT2D eigenvalue weighted by Crippen LogP contribution is 2.32. The van der Waals surface area contributed by atoms with E-state index in [1.54, 1.807) is 0 Å². The summed E-state index contributed by atoms with van der Waals surface area (Å²) in [5, 5.41) is 3.16. The molecule has 2 aliphatic carbocycles. The number of hydrogen-bond acceptors (Lipinski definition) is 4. The average Bonchev–Trinajstić information content (AvgIpc) is 2.98. The molecular weight excluding hydrogens is 316 g/mol. The Morgan fingerprint density at radius 3 is 2.30 bits per heavy atom. The molecule has 134 valence electrons. The van der Waals surface area contributed by atoms with Crippen molar-refractivity contribution in [3.63, 3.8) is 0 Å². The summed E-state index contributed by atoms with van der Waals surface area (Å²) in [5.41, 5.74) is 5.78. The molecule has 4 atom stereocenters. The number of amides is 1. The first kappa shape index (κ1) is 20.2. The summed E-state index contributed by atoms with van der Waals surface area (Å²) in [4.78, 5) is 24.7. The molecular formula is C17H31ClN2O3. The SMILES string of the molecule is COC(=O)C1CCCCCCC1NC(=O)[C@@H]1CCC[C@@H]1CN.Cl. The molecule has 0 radical (unpaired) electrons. The van der Waals surface area contributed by atoms with E-state index >= 15 is 0 Å². The number of methoxy groups -OCH3 is 1. The zero-order valence-corrected chi connectivity index (χ0v) is 14.9. The Morgan fingerprint density at radius 1 is 1.00 bits per heavy atom. The summed E-state index contributed by atoms with van der Waals surface area (Å²) in [6, 6.07) is -0.0840. The van der Waals surface area contributed by atoms with Crippen molar-refractivity contribution in [2.24, 2.45) is 23.5 Å². The van der Waals surface area contributed by atoms with Gasteiger partial charge >= 0.3 is 5.97 Å². The quantitative estimate of drug-likeness (QED) is 0.766. The van der Waals surface area contributed by atoms with Crippen LogP contribution in [0.25, 0.3) is 0 Å². The van der Waals surface area contributed by atoms with Crippen LogP contribution in [0, 0.1) is 17.8 Å². The van der Waals surface area contributed by atoms with Gasteiger partial charge in [0, 0.05) is 12.0 Å². The van der Waals surface area contributed by atoms with Crippen LogP contribution in [-0.2, 0) is 14.3 Å². The number of carbonyl (C=O) groups is 2. The van der Waals surface area contributed by atoms with Crippen molar-refractivity contribution in [2.75, 3.05) is 13.7 Å². The number of nitrogens with one attached hydrogen (secondary N) is 1. The van der Waals surface area contributed by atoms with Gasteiger partial charge in [-0.3, -0.25) is 9.59 Å². The van der Waals surface area contributed by atoms with Crippen molar-refractivity contribution in [2.45, 2.75) is 63.8 Å². The maximum Gasteiger partial charge on any atom is 0.310 e. The van der Waals surface area contributed by atoms with Crippen LogP contribution in [0.5, 0.6) is 0 Å². The Balaban J connectivity index is 0.00000264. The number of halogens is 1. The number of carbonyl (C=O) groups excluding carboxylic acids is 2. The highest BCUT2D eigenvalue weighted by molar-refractivity contribution is 5.85. The van der Waals surface area contributed by atoms with Crippen molar-refractivity contribution < 1.29 is 14.3 Å². The molecule has 3 N–H and O–H groups in total. The minimum atomic E-state index is -0.202. The van der Waals surface area contributed by atoms with Gasteiger partial charge in [0.1, 0.15) is 0 Å². The zero-order valence-electron chi connectivity index (χ0n) is 14.1. The van der Waals surface area contributed by atoms with Crippen LogP contribution in [0.4, 0.5) is 0 Å². The molecule has 5 nitrogen and oxygen atoms in total. The van der Waals surface area contributed by atoms with E-state index < -0.39 is 0 Å². The topological polar surface area (TPSA) is 81.4 Å². The largest absolute Gasteiger partial charge is 0.469 e. The lowest BCUT2D eigenvalue weighted by Gasteiger charge is -2.30. The van der Waals surface area contributed by atoms with Crippen LogP contribution in [0.2, 0.25) is 0 Å². The van der Waals surface area contributed by atoms with Gasteiger partial charge in [0.25, 0.3) is 0 Å². The van der Waals surface area contributed by atoms with Gasteiger partial charge < -0.3 is 15.8 Å². The molecule has 2 saturated carbocycles. The van der Waals surface area contributed by atoms with Gasteiger partial charge in [0.15, 0.2) is 0 Å². The molecule has 1 amide bonds. The minimum absolute atomic E-state index is 0. The molecule has 2 unspecified atom stereocenters. The Morgan fingerprint density at radius 2 is 1.65 bits per heavy atom. The lowest BCUT2D eigenvalue weighted by molar-refractivity contribution is -0.147. The Hall–Kier alpha value is -0.810. The average molecular weight is 347 g/mol. The molecule has 0 aromatic rings.